The summed E-state index contributed by atoms with van der Waals surface area (Å²) >= 11 is 5.79. The zero-order valence-electron chi connectivity index (χ0n) is 11.4. The molecule has 2 aliphatic heterocycles. The van der Waals surface area contributed by atoms with E-state index in [9.17, 15) is 4.79 Å². The number of likely N-dealkylation sites (N-methyl/N-ethyl adjacent to an activating group) is 1. The normalized spacial score (nSPS) is 29.0. The van der Waals surface area contributed by atoms with Gasteiger partial charge in [0.15, 0.2) is 0 Å². The number of carbonyl (C=O) groups is 1. The van der Waals surface area contributed by atoms with E-state index in [2.05, 4.69) is 32.2 Å². The fourth-order valence-corrected chi connectivity index (χ4v) is 3.72. The molecule has 0 radical (unpaired) electrons. The number of rotatable bonds is 1. The first-order valence-electron chi connectivity index (χ1n) is 6.91. The SMILES string of the molecule is Cc1ccc2c(c1)[C@@H]1C[NH+](C)CC[C@@H]1N2C(=O)CCl. The van der Waals surface area contributed by atoms with E-state index in [0.29, 0.717) is 12.0 Å². The fraction of sp³-hybridized carbons (Fsp3) is 0.533. The van der Waals surface area contributed by atoms with Crippen molar-refractivity contribution in [1.29, 1.82) is 0 Å². The third-order valence-corrected chi connectivity index (χ3v) is 4.69. The van der Waals surface area contributed by atoms with Crippen molar-refractivity contribution in [3.63, 3.8) is 0 Å². The Hall–Kier alpha value is -1.06. The van der Waals surface area contributed by atoms with Crippen LogP contribution in [-0.4, -0.2) is 38.0 Å². The van der Waals surface area contributed by atoms with Gasteiger partial charge in [-0.25, -0.2) is 0 Å². The van der Waals surface area contributed by atoms with Crippen LogP contribution >= 0.6 is 11.6 Å². The molecule has 1 aromatic rings. The lowest BCUT2D eigenvalue weighted by Crippen LogP contribution is -3.11. The number of nitrogens with one attached hydrogen (secondary N) is 1. The van der Waals surface area contributed by atoms with E-state index in [0.717, 1.165) is 25.2 Å². The summed E-state index contributed by atoms with van der Waals surface area (Å²) in [5, 5.41) is 0. The van der Waals surface area contributed by atoms with Crippen molar-refractivity contribution in [2.45, 2.75) is 25.3 Å². The molecule has 0 saturated carbocycles. The summed E-state index contributed by atoms with van der Waals surface area (Å²) in [7, 11) is 2.23. The Bertz CT molecular complexity index is 517. The van der Waals surface area contributed by atoms with Gasteiger partial charge in [0.25, 0.3) is 0 Å². The first kappa shape index (κ1) is 12.9. The van der Waals surface area contributed by atoms with E-state index in [4.69, 9.17) is 11.6 Å². The van der Waals surface area contributed by atoms with Crippen LogP contribution in [0.4, 0.5) is 5.69 Å². The maximum absolute atomic E-state index is 12.2. The van der Waals surface area contributed by atoms with Gasteiger partial charge in [-0.2, -0.15) is 0 Å². The monoisotopic (exact) mass is 279 g/mol. The number of alkyl halides is 1. The minimum atomic E-state index is 0.0406. The third kappa shape index (κ3) is 2.05. The molecule has 1 fully saturated rings. The fourth-order valence-electron chi connectivity index (χ4n) is 3.59. The number of carbonyl (C=O) groups excluding carboxylic acids is 1. The molecule has 4 heteroatoms. The molecule has 1 aromatic carbocycles. The van der Waals surface area contributed by atoms with Crippen LogP contribution < -0.4 is 9.80 Å². The lowest BCUT2D eigenvalue weighted by Gasteiger charge is -2.34. The van der Waals surface area contributed by atoms with Gasteiger partial charge < -0.3 is 9.80 Å². The molecule has 3 nitrogen and oxygen atoms in total. The molecule has 2 aliphatic rings. The molecule has 102 valence electrons. The minimum absolute atomic E-state index is 0.0406. The van der Waals surface area contributed by atoms with Crippen molar-refractivity contribution in [1.82, 2.24) is 0 Å². The van der Waals surface area contributed by atoms with Gasteiger partial charge in [-0.05, 0) is 18.6 Å². The smallest absolute Gasteiger partial charge is 0.242 e. The Morgan fingerprint density at radius 1 is 1.53 bits per heavy atom. The van der Waals surface area contributed by atoms with E-state index < -0.39 is 0 Å². The van der Waals surface area contributed by atoms with Gasteiger partial charge in [0.2, 0.25) is 5.91 Å². The average Bonchev–Trinajstić information content (AvgIpc) is 2.71. The van der Waals surface area contributed by atoms with Crippen molar-refractivity contribution < 1.29 is 9.69 Å². The van der Waals surface area contributed by atoms with Crippen molar-refractivity contribution in [3.8, 4) is 0 Å². The van der Waals surface area contributed by atoms with E-state index in [1.807, 2.05) is 4.90 Å². The molecular formula is C15H20ClN2O+. The van der Waals surface area contributed by atoms with Gasteiger partial charge in [0, 0.05) is 12.1 Å². The predicted octanol–water partition coefficient (Wildman–Crippen LogP) is 0.951. The lowest BCUT2D eigenvalue weighted by atomic mass is 9.89. The van der Waals surface area contributed by atoms with E-state index >= 15 is 0 Å². The Morgan fingerprint density at radius 3 is 3.05 bits per heavy atom. The molecule has 1 amide bonds. The zero-order valence-corrected chi connectivity index (χ0v) is 12.2. The maximum Gasteiger partial charge on any atom is 0.242 e. The Labute approximate surface area is 119 Å². The van der Waals surface area contributed by atoms with Crippen molar-refractivity contribution in [3.05, 3.63) is 29.3 Å². The van der Waals surface area contributed by atoms with Gasteiger partial charge in [0.1, 0.15) is 5.88 Å². The van der Waals surface area contributed by atoms with Crippen LogP contribution in [0.25, 0.3) is 0 Å². The van der Waals surface area contributed by atoms with Crippen LogP contribution in [0.1, 0.15) is 23.5 Å². The van der Waals surface area contributed by atoms with Crippen molar-refractivity contribution in [2.75, 3.05) is 30.9 Å². The summed E-state index contributed by atoms with van der Waals surface area (Å²) in [5.74, 6) is 0.578. The number of halogens is 1. The topological polar surface area (TPSA) is 24.8 Å². The quantitative estimate of drug-likeness (QED) is 0.761. The highest BCUT2D eigenvalue weighted by molar-refractivity contribution is 6.29. The first-order valence-corrected chi connectivity index (χ1v) is 7.45. The summed E-state index contributed by atoms with van der Waals surface area (Å²) in [6, 6.07) is 6.73. The molecule has 0 spiro atoms. The number of hydrogen-bond donors (Lipinski definition) is 1. The van der Waals surface area contributed by atoms with Gasteiger partial charge in [-0.15, -0.1) is 11.6 Å². The Morgan fingerprint density at radius 2 is 2.32 bits per heavy atom. The number of amides is 1. The third-order valence-electron chi connectivity index (χ3n) is 4.46. The van der Waals surface area contributed by atoms with Crippen molar-refractivity contribution >= 4 is 23.2 Å². The molecule has 3 rings (SSSR count). The maximum atomic E-state index is 12.2. The first-order chi connectivity index (χ1) is 9.11. The average molecular weight is 280 g/mol. The molecular weight excluding hydrogens is 260 g/mol. The highest BCUT2D eigenvalue weighted by Crippen LogP contribution is 2.43. The number of likely N-dealkylation sites (tertiary alicyclic amines) is 1. The summed E-state index contributed by atoms with van der Waals surface area (Å²) in [6.07, 6.45) is 1.06. The molecule has 1 saturated heterocycles. The molecule has 1 N–H and O–H groups in total. The number of aryl methyl sites for hydroxylation is 1. The van der Waals surface area contributed by atoms with E-state index in [-0.39, 0.29) is 11.8 Å². The van der Waals surface area contributed by atoms with Gasteiger partial charge in [-0.1, -0.05) is 17.7 Å². The number of quaternary nitrogens is 1. The summed E-state index contributed by atoms with van der Waals surface area (Å²) in [6.45, 7) is 4.34. The number of anilines is 1. The number of fused-ring (bicyclic) bond motifs is 3. The molecule has 19 heavy (non-hydrogen) atoms. The lowest BCUT2D eigenvalue weighted by molar-refractivity contribution is -0.886. The highest BCUT2D eigenvalue weighted by atomic mass is 35.5. The van der Waals surface area contributed by atoms with Crippen LogP contribution in [0.5, 0.6) is 0 Å². The van der Waals surface area contributed by atoms with Gasteiger partial charge in [0.05, 0.1) is 32.1 Å². The van der Waals surface area contributed by atoms with Crippen LogP contribution in [0.15, 0.2) is 18.2 Å². The second-order valence-corrected chi connectivity index (χ2v) is 6.10. The van der Waals surface area contributed by atoms with E-state index in [1.165, 1.54) is 11.1 Å². The predicted molar refractivity (Wildman–Crippen MR) is 77.2 cm³/mol. The van der Waals surface area contributed by atoms with Crippen LogP contribution in [0.2, 0.25) is 0 Å². The summed E-state index contributed by atoms with van der Waals surface area (Å²) < 4.78 is 0. The standard InChI is InChI=1S/C15H19ClN2O/c1-10-3-4-13-11(7-10)12-9-17(2)6-5-14(12)18(13)15(19)8-16/h3-4,7,12,14H,5-6,8-9H2,1-2H3/p+1/t12-,14-/m0/s1. The van der Waals surface area contributed by atoms with Crippen LogP contribution in [0, 0.1) is 6.92 Å². The largest absolute Gasteiger partial charge is 0.337 e. The number of hydrogen-bond acceptors (Lipinski definition) is 1. The molecule has 0 aliphatic carbocycles. The molecule has 2 heterocycles. The zero-order chi connectivity index (χ0) is 13.6. The molecule has 3 atom stereocenters. The number of piperidine rings is 1. The Balaban J connectivity index is 2.06. The van der Waals surface area contributed by atoms with Gasteiger partial charge >= 0.3 is 0 Å². The second-order valence-electron chi connectivity index (χ2n) is 5.83. The second kappa shape index (κ2) is 4.80. The van der Waals surface area contributed by atoms with E-state index in [1.54, 1.807) is 4.90 Å². The van der Waals surface area contributed by atoms with Crippen LogP contribution in [-0.2, 0) is 4.79 Å². The number of benzene rings is 1. The summed E-state index contributed by atoms with van der Waals surface area (Å²) in [5.41, 5.74) is 3.68. The molecule has 1 unspecified atom stereocenters. The van der Waals surface area contributed by atoms with Crippen molar-refractivity contribution in [2.24, 2.45) is 0 Å². The number of nitrogens with zero attached hydrogens (tertiary/aromatic N) is 1. The molecule has 0 bridgehead atoms. The summed E-state index contributed by atoms with van der Waals surface area (Å²) in [4.78, 5) is 15.7. The van der Waals surface area contributed by atoms with Gasteiger partial charge in [-0.3, -0.25) is 4.79 Å². The molecule has 0 aromatic heterocycles. The Kier molecular flexibility index (Phi) is 3.27. The minimum Gasteiger partial charge on any atom is -0.337 e. The van der Waals surface area contributed by atoms with Crippen LogP contribution in [0.3, 0.4) is 0 Å². The highest BCUT2D eigenvalue weighted by Gasteiger charge is 2.45.